The zero-order chi connectivity index (χ0) is 11.6. The minimum atomic E-state index is -3.40. The van der Waals surface area contributed by atoms with E-state index >= 15 is 0 Å². The Morgan fingerprint density at radius 2 is 2.27 bits per heavy atom. The number of imidazole rings is 1. The molecular weight excluding hydrogens is 220 g/mol. The molecule has 7 heteroatoms. The molecule has 0 bridgehead atoms. The van der Waals surface area contributed by atoms with Gasteiger partial charge in [-0.1, -0.05) is 6.92 Å². The first-order valence-electron chi connectivity index (χ1n) is 4.27. The third-order valence-electron chi connectivity index (χ3n) is 1.97. The molecule has 84 valence electrons. The molecule has 0 saturated carbocycles. The number of rotatable bonds is 4. The quantitative estimate of drug-likeness (QED) is 0.786. The predicted octanol–water partition coefficient (Wildman–Crippen LogP) is -0.0460. The molecule has 0 fully saturated rings. The Bertz CT molecular complexity index is 463. The van der Waals surface area contributed by atoms with Crippen LogP contribution in [0, 0.1) is 5.92 Å². The molecule has 15 heavy (non-hydrogen) atoms. The molecule has 6 nitrogen and oxygen atoms in total. The summed E-state index contributed by atoms with van der Waals surface area (Å²) in [7, 11) is -3.40. The van der Waals surface area contributed by atoms with Crippen molar-refractivity contribution in [2.75, 3.05) is 6.26 Å². The second-order valence-corrected chi connectivity index (χ2v) is 5.25. The Kier molecular flexibility index (Phi) is 3.13. The largest absolute Gasteiger partial charge is 0.481 e. The van der Waals surface area contributed by atoms with Gasteiger partial charge in [0.05, 0.1) is 17.9 Å². The van der Waals surface area contributed by atoms with E-state index < -0.39 is 21.9 Å². The molecular formula is C8H12N2O4S. The van der Waals surface area contributed by atoms with Crippen molar-refractivity contribution in [2.24, 2.45) is 5.92 Å². The lowest BCUT2D eigenvalue weighted by molar-refractivity contribution is -0.141. The van der Waals surface area contributed by atoms with Crippen LogP contribution in [0.25, 0.3) is 0 Å². The van der Waals surface area contributed by atoms with Crippen LogP contribution in [0.3, 0.4) is 0 Å². The molecule has 0 aliphatic heterocycles. The highest BCUT2D eigenvalue weighted by Crippen LogP contribution is 2.10. The summed E-state index contributed by atoms with van der Waals surface area (Å²) in [5.41, 5.74) is 0.382. The standard InChI is InChI=1S/C8H12N2O4S/c1-6(8(11)12)3-7-4-9-5-10(7)15(2,13)14/h4-6H,3H2,1-2H3,(H,11,12). The van der Waals surface area contributed by atoms with Gasteiger partial charge < -0.3 is 5.11 Å². The number of carboxylic acid groups (broad SMARTS) is 1. The van der Waals surface area contributed by atoms with Crippen LogP contribution in [0.2, 0.25) is 0 Å². The van der Waals surface area contributed by atoms with Crippen molar-refractivity contribution in [1.29, 1.82) is 0 Å². The zero-order valence-corrected chi connectivity index (χ0v) is 9.23. The minimum Gasteiger partial charge on any atom is -0.481 e. The maximum absolute atomic E-state index is 11.2. The van der Waals surface area contributed by atoms with E-state index in [4.69, 9.17) is 5.11 Å². The Balaban J connectivity index is 2.98. The van der Waals surface area contributed by atoms with E-state index in [1.807, 2.05) is 0 Å². The molecule has 0 aromatic carbocycles. The maximum atomic E-state index is 11.2. The summed E-state index contributed by atoms with van der Waals surface area (Å²) in [5, 5.41) is 8.70. The van der Waals surface area contributed by atoms with Crippen molar-refractivity contribution in [3.63, 3.8) is 0 Å². The second-order valence-electron chi connectivity index (χ2n) is 3.39. The van der Waals surface area contributed by atoms with Crippen molar-refractivity contribution in [3.8, 4) is 0 Å². The highest BCUT2D eigenvalue weighted by atomic mass is 32.2. The molecule has 0 amide bonds. The van der Waals surface area contributed by atoms with E-state index in [0.717, 1.165) is 10.2 Å². The van der Waals surface area contributed by atoms with E-state index in [1.165, 1.54) is 19.4 Å². The summed E-state index contributed by atoms with van der Waals surface area (Å²) in [6.07, 6.45) is 3.71. The minimum absolute atomic E-state index is 0.141. The number of aliphatic carboxylic acids is 1. The molecule has 1 aromatic rings. The molecule has 1 N–H and O–H groups in total. The summed E-state index contributed by atoms with van der Waals surface area (Å²) < 4.78 is 23.5. The van der Waals surface area contributed by atoms with Gasteiger partial charge in [-0.25, -0.2) is 17.4 Å². The highest BCUT2D eigenvalue weighted by molar-refractivity contribution is 7.89. The number of carboxylic acids is 1. The third-order valence-corrected chi connectivity index (χ3v) is 3.02. The first kappa shape index (κ1) is 11.7. The van der Waals surface area contributed by atoms with Crippen molar-refractivity contribution >= 4 is 16.0 Å². The van der Waals surface area contributed by atoms with Crippen LogP contribution in [0.5, 0.6) is 0 Å². The summed E-state index contributed by atoms with van der Waals surface area (Å²) in [6, 6.07) is 0. The van der Waals surface area contributed by atoms with Gasteiger partial charge in [-0.2, -0.15) is 0 Å². The smallest absolute Gasteiger partial charge is 0.306 e. The fourth-order valence-corrected chi connectivity index (χ4v) is 1.93. The Hall–Kier alpha value is -1.37. The van der Waals surface area contributed by atoms with E-state index in [0.29, 0.717) is 5.69 Å². The van der Waals surface area contributed by atoms with Crippen molar-refractivity contribution in [1.82, 2.24) is 8.96 Å². The van der Waals surface area contributed by atoms with Gasteiger partial charge in [0.25, 0.3) is 0 Å². The van der Waals surface area contributed by atoms with E-state index in [-0.39, 0.29) is 6.42 Å². The average Bonchev–Trinajstić information content (AvgIpc) is 2.50. The number of hydrogen-bond donors (Lipinski definition) is 1. The molecule has 0 spiro atoms. The van der Waals surface area contributed by atoms with Crippen LogP contribution in [0.15, 0.2) is 12.5 Å². The van der Waals surface area contributed by atoms with E-state index in [1.54, 1.807) is 0 Å². The van der Waals surface area contributed by atoms with E-state index in [9.17, 15) is 13.2 Å². The van der Waals surface area contributed by atoms with Crippen LogP contribution in [-0.4, -0.2) is 34.7 Å². The molecule has 1 heterocycles. The number of aromatic nitrogens is 2. The van der Waals surface area contributed by atoms with Gasteiger partial charge in [0.15, 0.2) is 0 Å². The van der Waals surface area contributed by atoms with Gasteiger partial charge in [0.2, 0.25) is 10.0 Å². The van der Waals surface area contributed by atoms with Crippen molar-refractivity contribution < 1.29 is 18.3 Å². The predicted molar refractivity (Wildman–Crippen MR) is 53.0 cm³/mol. The summed E-state index contributed by atoms with van der Waals surface area (Å²) in [6.45, 7) is 1.52. The molecule has 1 aromatic heterocycles. The fraction of sp³-hybridized carbons (Fsp3) is 0.500. The lowest BCUT2D eigenvalue weighted by atomic mass is 10.1. The summed E-state index contributed by atoms with van der Waals surface area (Å²) in [4.78, 5) is 14.3. The summed E-state index contributed by atoms with van der Waals surface area (Å²) in [5.74, 6) is -1.60. The van der Waals surface area contributed by atoms with Crippen LogP contribution in [0.1, 0.15) is 12.6 Å². The van der Waals surface area contributed by atoms with Crippen molar-refractivity contribution in [3.05, 3.63) is 18.2 Å². The topological polar surface area (TPSA) is 89.3 Å². The molecule has 0 aliphatic rings. The monoisotopic (exact) mass is 232 g/mol. The van der Waals surface area contributed by atoms with E-state index in [2.05, 4.69) is 4.98 Å². The fourth-order valence-electron chi connectivity index (χ4n) is 1.15. The Labute approximate surface area is 87.6 Å². The first-order chi connectivity index (χ1) is 6.82. The van der Waals surface area contributed by atoms with Gasteiger partial charge in [0.1, 0.15) is 6.33 Å². The summed E-state index contributed by atoms with van der Waals surface area (Å²) >= 11 is 0. The maximum Gasteiger partial charge on any atom is 0.306 e. The number of nitrogens with zero attached hydrogens (tertiary/aromatic N) is 2. The molecule has 0 saturated heterocycles. The van der Waals surface area contributed by atoms with Crippen LogP contribution >= 0.6 is 0 Å². The molecule has 1 unspecified atom stereocenters. The second kappa shape index (κ2) is 4.01. The van der Waals surface area contributed by atoms with Crippen molar-refractivity contribution in [2.45, 2.75) is 13.3 Å². The number of hydrogen-bond acceptors (Lipinski definition) is 4. The zero-order valence-electron chi connectivity index (χ0n) is 8.41. The highest BCUT2D eigenvalue weighted by Gasteiger charge is 2.17. The van der Waals surface area contributed by atoms with Gasteiger partial charge in [-0.15, -0.1) is 0 Å². The molecule has 1 atom stereocenters. The SMILES string of the molecule is CC(Cc1cncn1S(C)(=O)=O)C(=O)O. The van der Waals surface area contributed by atoms with Crippen LogP contribution in [-0.2, 0) is 21.2 Å². The van der Waals surface area contributed by atoms with Gasteiger partial charge >= 0.3 is 5.97 Å². The average molecular weight is 232 g/mol. The lowest BCUT2D eigenvalue weighted by Crippen LogP contribution is -2.18. The third kappa shape index (κ3) is 2.79. The van der Waals surface area contributed by atoms with Gasteiger partial charge in [-0.3, -0.25) is 4.79 Å². The molecule has 0 aliphatic carbocycles. The first-order valence-corrected chi connectivity index (χ1v) is 6.11. The Morgan fingerprint density at radius 3 is 2.73 bits per heavy atom. The van der Waals surface area contributed by atoms with Crippen LogP contribution < -0.4 is 0 Å². The lowest BCUT2D eigenvalue weighted by Gasteiger charge is -2.07. The van der Waals surface area contributed by atoms with Gasteiger partial charge in [0, 0.05) is 12.6 Å². The molecule has 1 rings (SSSR count). The number of carbonyl (C=O) groups is 1. The van der Waals surface area contributed by atoms with Crippen LogP contribution in [0.4, 0.5) is 0 Å². The van der Waals surface area contributed by atoms with Gasteiger partial charge in [-0.05, 0) is 0 Å². The molecule has 0 radical (unpaired) electrons. The Morgan fingerprint density at radius 1 is 1.67 bits per heavy atom. The normalized spacial score (nSPS) is 13.7.